The summed E-state index contributed by atoms with van der Waals surface area (Å²) in [6, 6.07) is 7.91. The molecule has 0 amide bonds. The first kappa shape index (κ1) is 15.7. The lowest BCUT2D eigenvalue weighted by Gasteiger charge is -2.23. The molecule has 25 heavy (non-hydrogen) atoms. The van der Waals surface area contributed by atoms with Crippen LogP contribution in [0, 0.1) is 0 Å². The largest absolute Gasteiger partial charge is 0.497 e. The van der Waals surface area contributed by atoms with Gasteiger partial charge in [-0.3, -0.25) is 4.79 Å². The number of carbonyl (C=O) groups excluding carboxylic acids is 1. The van der Waals surface area contributed by atoms with Crippen molar-refractivity contribution in [2.45, 2.75) is 38.5 Å². The van der Waals surface area contributed by atoms with Gasteiger partial charge in [0.15, 0.2) is 11.6 Å². The quantitative estimate of drug-likeness (QED) is 0.732. The van der Waals surface area contributed by atoms with E-state index in [1.807, 2.05) is 24.3 Å². The zero-order valence-corrected chi connectivity index (χ0v) is 14.4. The number of fused-ring (bicyclic) bond motifs is 2. The maximum absolute atomic E-state index is 12.6. The number of nitrogens with zero attached hydrogens (tertiary/aromatic N) is 4. The summed E-state index contributed by atoms with van der Waals surface area (Å²) in [5.74, 6) is 2.42. The van der Waals surface area contributed by atoms with Gasteiger partial charge in [-0.25, -0.2) is 9.50 Å². The number of aromatic nitrogens is 4. The Kier molecular flexibility index (Phi) is 3.95. The third-order valence-corrected chi connectivity index (χ3v) is 4.69. The summed E-state index contributed by atoms with van der Waals surface area (Å²) in [6.45, 7) is 2.09. The number of methoxy groups -OCH3 is 1. The Morgan fingerprint density at radius 2 is 2.00 bits per heavy atom. The number of benzene rings is 1. The molecular formula is C19H20N4O2. The SMILES string of the molecule is CCCc1nc2nc3c(cn2n1)C(=O)C[C@H](c1ccc(OC)cc1)C3. The number of carbonyl (C=O) groups is 1. The Labute approximate surface area is 145 Å². The summed E-state index contributed by atoms with van der Waals surface area (Å²) in [5, 5.41) is 4.42. The molecule has 0 radical (unpaired) electrons. The summed E-state index contributed by atoms with van der Waals surface area (Å²) in [5.41, 5.74) is 2.62. The first-order valence-corrected chi connectivity index (χ1v) is 8.60. The van der Waals surface area contributed by atoms with Crippen LogP contribution in [0.4, 0.5) is 0 Å². The predicted molar refractivity (Wildman–Crippen MR) is 93.2 cm³/mol. The molecule has 4 rings (SSSR count). The van der Waals surface area contributed by atoms with E-state index in [0.29, 0.717) is 17.8 Å². The van der Waals surface area contributed by atoms with Crippen LogP contribution in [0.2, 0.25) is 0 Å². The zero-order chi connectivity index (χ0) is 17.4. The Bertz CT molecular complexity index is 930. The second-order valence-electron chi connectivity index (χ2n) is 6.43. The van der Waals surface area contributed by atoms with Crippen molar-refractivity contribution in [3.8, 4) is 5.75 Å². The molecule has 0 aliphatic heterocycles. The van der Waals surface area contributed by atoms with Crippen molar-refractivity contribution in [3.05, 3.63) is 53.1 Å². The van der Waals surface area contributed by atoms with E-state index in [-0.39, 0.29) is 11.7 Å². The number of hydrogen-bond donors (Lipinski definition) is 0. The van der Waals surface area contributed by atoms with E-state index in [0.717, 1.165) is 42.1 Å². The predicted octanol–water partition coefficient (Wildman–Crippen LogP) is 3.00. The van der Waals surface area contributed by atoms with Gasteiger partial charge in [-0.15, -0.1) is 5.10 Å². The van der Waals surface area contributed by atoms with Crippen LogP contribution in [0.25, 0.3) is 5.78 Å². The number of hydrogen-bond acceptors (Lipinski definition) is 5. The van der Waals surface area contributed by atoms with Crippen molar-refractivity contribution in [2.75, 3.05) is 7.11 Å². The second kappa shape index (κ2) is 6.27. The number of rotatable bonds is 4. The highest BCUT2D eigenvalue weighted by Gasteiger charge is 2.28. The van der Waals surface area contributed by atoms with Crippen LogP contribution in [-0.4, -0.2) is 32.5 Å². The lowest BCUT2D eigenvalue weighted by molar-refractivity contribution is 0.0962. The van der Waals surface area contributed by atoms with Gasteiger partial charge in [0.1, 0.15) is 5.75 Å². The zero-order valence-electron chi connectivity index (χ0n) is 14.4. The molecule has 1 aromatic carbocycles. The summed E-state index contributed by atoms with van der Waals surface area (Å²) in [6.07, 6.45) is 4.81. The van der Waals surface area contributed by atoms with Crippen LogP contribution in [0.5, 0.6) is 5.75 Å². The highest BCUT2D eigenvalue weighted by molar-refractivity contribution is 5.98. The molecule has 6 nitrogen and oxygen atoms in total. The Morgan fingerprint density at radius 1 is 1.20 bits per heavy atom. The number of aryl methyl sites for hydroxylation is 1. The third kappa shape index (κ3) is 2.88. The molecule has 0 N–H and O–H groups in total. The minimum absolute atomic E-state index is 0.115. The molecule has 2 heterocycles. The van der Waals surface area contributed by atoms with Crippen molar-refractivity contribution >= 4 is 11.6 Å². The van der Waals surface area contributed by atoms with Crippen LogP contribution >= 0.6 is 0 Å². The third-order valence-electron chi connectivity index (χ3n) is 4.69. The summed E-state index contributed by atoms with van der Waals surface area (Å²) >= 11 is 0. The van der Waals surface area contributed by atoms with Gasteiger partial charge in [-0.05, 0) is 36.5 Å². The van der Waals surface area contributed by atoms with E-state index in [4.69, 9.17) is 4.74 Å². The lowest BCUT2D eigenvalue weighted by Crippen LogP contribution is -2.21. The van der Waals surface area contributed by atoms with Crippen LogP contribution in [-0.2, 0) is 12.8 Å². The van der Waals surface area contributed by atoms with Gasteiger partial charge in [0.25, 0.3) is 5.78 Å². The van der Waals surface area contributed by atoms with Crippen LogP contribution < -0.4 is 4.74 Å². The summed E-state index contributed by atoms with van der Waals surface area (Å²) < 4.78 is 6.84. The first-order chi connectivity index (χ1) is 12.2. The van der Waals surface area contributed by atoms with Gasteiger partial charge < -0.3 is 4.74 Å². The Balaban J connectivity index is 1.68. The lowest BCUT2D eigenvalue weighted by atomic mass is 9.82. The minimum Gasteiger partial charge on any atom is -0.497 e. The van der Waals surface area contributed by atoms with E-state index >= 15 is 0 Å². The minimum atomic E-state index is 0.115. The number of Topliss-reactive ketones (excluding diaryl/α,β-unsaturated/α-hetero) is 1. The van der Waals surface area contributed by atoms with Gasteiger partial charge in [0.05, 0.1) is 18.4 Å². The van der Waals surface area contributed by atoms with E-state index in [1.165, 1.54) is 0 Å². The molecule has 0 bridgehead atoms. The van der Waals surface area contributed by atoms with Crippen molar-refractivity contribution in [1.29, 1.82) is 0 Å². The number of ketones is 1. The fourth-order valence-electron chi connectivity index (χ4n) is 3.37. The molecule has 2 aromatic heterocycles. The molecule has 0 saturated heterocycles. The highest BCUT2D eigenvalue weighted by atomic mass is 16.5. The molecular weight excluding hydrogens is 316 g/mol. The molecule has 0 spiro atoms. The van der Waals surface area contributed by atoms with E-state index < -0.39 is 0 Å². The highest BCUT2D eigenvalue weighted by Crippen LogP contribution is 2.32. The first-order valence-electron chi connectivity index (χ1n) is 8.60. The van der Waals surface area contributed by atoms with Crippen LogP contribution in [0.3, 0.4) is 0 Å². The fourth-order valence-corrected chi connectivity index (χ4v) is 3.37. The van der Waals surface area contributed by atoms with Gasteiger partial charge >= 0.3 is 0 Å². The topological polar surface area (TPSA) is 69.4 Å². The summed E-state index contributed by atoms with van der Waals surface area (Å²) in [7, 11) is 1.65. The van der Waals surface area contributed by atoms with Crippen molar-refractivity contribution in [2.24, 2.45) is 0 Å². The maximum Gasteiger partial charge on any atom is 0.252 e. The van der Waals surface area contributed by atoms with Crippen LogP contribution in [0.1, 0.15) is 53.1 Å². The second-order valence-corrected chi connectivity index (χ2v) is 6.43. The molecule has 3 aromatic rings. The van der Waals surface area contributed by atoms with Crippen molar-refractivity contribution < 1.29 is 9.53 Å². The molecule has 6 heteroatoms. The monoisotopic (exact) mass is 336 g/mol. The Hall–Kier alpha value is -2.76. The van der Waals surface area contributed by atoms with Gasteiger partial charge in [0.2, 0.25) is 0 Å². The molecule has 0 fully saturated rings. The van der Waals surface area contributed by atoms with E-state index in [9.17, 15) is 4.79 Å². The van der Waals surface area contributed by atoms with Crippen molar-refractivity contribution in [1.82, 2.24) is 19.6 Å². The molecule has 0 saturated carbocycles. The molecule has 0 unspecified atom stereocenters. The maximum atomic E-state index is 12.6. The van der Waals surface area contributed by atoms with Gasteiger partial charge in [0, 0.05) is 19.0 Å². The molecule has 1 atom stereocenters. The average Bonchev–Trinajstić information content (AvgIpc) is 3.02. The van der Waals surface area contributed by atoms with E-state index in [2.05, 4.69) is 22.0 Å². The standard InChI is InChI=1S/C19H20N4O2/c1-3-4-18-21-19-20-16-9-13(12-5-7-14(25-2)8-6-12)10-17(24)15(16)11-23(19)22-18/h5-8,11,13H,3-4,9-10H2,1-2H3/t13-/m1/s1. The van der Waals surface area contributed by atoms with E-state index in [1.54, 1.807) is 17.8 Å². The molecule has 1 aliphatic carbocycles. The smallest absolute Gasteiger partial charge is 0.252 e. The van der Waals surface area contributed by atoms with Crippen molar-refractivity contribution in [3.63, 3.8) is 0 Å². The Morgan fingerprint density at radius 3 is 2.72 bits per heavy atom. The van der Waals surface area contributed by atoms with Gasteiger partial charge in [-0.1, -0.05) is 19.1 Å². The van der Waals surface area contributed by atoms with Crippen LogP contribution in [0.15, 0.2) is 30.5 Å². The fraction of sp³-hybridized carbons (Fsp3) is 0.368. The number of ether oxygens (including phenoxy) is 1. The normalized spacial score (nSPS) is 16.9. The molecule has 128 valence electrons. The average molecular weight is 336 g/mol. The summed E-state index contributed by atoms with van der Waals surface area (Å²) in [4.78, 5) is 21.7. The van der Waals surface area contributed by atoms with Gasteiger partial charge in [-0.2, -0.15) is 4.98 Å². The molecule has 1 aliphatic rings.